The van der Waals surface area contributed by atoms with E-state index >= 15 is 0 Å². The van der Waals surface area contributed by atoms with E-state index in [1.165, 1.54) is 5.01 Å². The summed E-state index contributed by atoms with van der Waals surface area (Å²) in [5.74, 6) is 0.582. The molecule has 2 amide bonds. The van der Waals surface area contributed by atoms with Gasteiger partial charge in [0.15, 0.2) is 0 Å². The van der Waals surface area contributed by atoms with Gasteiger partial charge in [0.2, 0.25) is 11.8 Å². The number of hydrazone groups is 1. The van der Waals surface area contributed by atoms with Crippen LogP contribution in [0.25, 0.3) is 0 Å². The number of ether oxygens (including phenoxy) is 1. The molecule has 2 heterocycles. The first kappa shape index (κ1) is 18.2. The Hall–Kier alpha value is -3.15. The number of rotatable bonds is 5. The molecule has 0 spiro atoms. The minimum absolute atomic E-state index is 0.0103. The van der Waals surface area contributed by atoms with Crippen LogP contribution in [0.4, 0.5) is 0 Å². The van der Waals surface area contributed by atoms with Gasteiger partial charge in [0.25, 0.3) is 0 Å². The van der Waals surface area contributed by atoms with Gasteiger partial charge in [-0.3, -0.25) is 9.59 Å². The highest BCUT2D eigenvalue weighted by Crippen LogP contribution is 2.26. The molecule has 2 aromatic carbocycles. The summed E-state index contributed by atoms with van der Waals surface area (Å²) >= 11 is 0. The third kappa shape index (κ3) is 4.06. The van der Waals surface area contributed by atoms with Gasteiger partial charge in [-0.05, 0) is 23.6 Å². The summed E-state index contributed by atoms with van der Waals surface area (Å²) in [7, 11) is 0. The van der Waals surface area contributed by atoms with Crippen molar-refractivity contribution < 1.29 is 14.3 Å². The summed E-state index contributed by atoms with van der Waals surface area (Å²) in [5.41, 5.74) is 2.99. The molecule has 0 saturated heterocycles. The Morgan fingerprint density at radius 2 is 1.89 bits per heavy atom. The molecular formula is C22H23N3O3. The maximum Gasteiger partial charge on any atom is 0.243 e. The maximum atomic E-state index is 12.5. The predicted octanol–water partition coefficient (Wildman–Crippen LogP) is 2.38. The second-order valence-corrected chi connectivity index (χ2v) is 7.04. The first-order valence-electron chi connectivity index (χ1n) is 9.62. The molecule has 2 aliphatic rings. The van der Waals surface area contributed by atoms with Crippen LogP contribution in [-0.2, 0) is 16.0 Å². The molecule has 0 saturated carbocycles. The van der Waals surface area contributed by atoms with Crippen molar-refractivity contribution in [3.63, 3.8) is 0 Å². The van der Waals surface area contributed by atoms with E-state index in [4.69, 9.17) is 4.74 Å². The monoisotopic (exact) mass is 377 g/mol. The fourth-order valence-electron chi connectivity index (χ4n) is 3.54. The number of nitrogens with one attached hydrogen (secondary N) is 1. The van der Waals surface area contributed by atoms with Crippen molar-refractivity contribution in [1.82, 2.24) is 10.3 Å². The summed E-state index contributed by atoms with van der Waals surface area (Å²) in [5, 5.41) is 8.89. The number of para-hydroxylation sites is 1. The molecule has 2 aliphatic heterocycles. The van der Waals surface area contributed by atoms with Crippen molar-refractivity contribution in [2.45, 2.75) is 19.3 Å². The molecule has 0 aromatic heterocycles. The molecule has 0 fully saturated rings. The Morgan fingerprint density at radius 1 is 1.11 bits per heavy atom. The van der Waals surface area contributed by atoms with Crippen LogP contribution >= 0.6 is 0 Å². The molecule has 4 rings (SSSR count). The smallest absolute Gasteiger partial charge is 0.243 e. The average molecular weight is 377 g/mol. The highest BCUT2D eigenvalue weighted by molar-refractivity contribution is 6.04. The molecule has 6 nitrogen and oxygen atoms in total. The normalized spacial score (nSPS) is 18.7. The molecule has 0 aliphatic carbocycles. The van der Waals surface area contributed by atoms with Gasteiger partial charge in [0.05, 0.1) is 18.2 Å². The van der Waals surface area contributed by atoms with Gasteiger partial charge in [0, 0.05) is 19.4 Å². The molecule has 6 heteroatoms. The first-order chi connectivity index (χ1) is 13.7. The minimum Gasteiger partial charge on any atom is -0.492 e. The third-order valence-corrected chi connectivity index (χ3v) is 5.08. The molecule has 1 N–H and O–H groups in total. The highest BCUT2D eigenvalue weighted by atomic mass is 16.5. The van der Waals surface area contributed by atoms with Crippen molar-refractivity contribution >= 4 is 17.5 Å². The molecule has 2 aromatic rings. The minimum atomic E-state index is -0.213. The quantitative estimate of drug-likeness (QED) is 0.870. The number of carbonyl (C=O) groups excluding carboxylic acids is 2. The fraction of sp³-hybridized carbons (Fsp3) is 0.318. The zero-order valence-corrected chi connectivity index (χ0v) is 15.6. The lowest BCUT2D eigenvalue weighted by Crippen LogP contribution is -2.42. The van der Waals surface area contributed by atoms with E-state index < -0.39 is 0 Å². The van der Waals surface area contributed by atoms with E-state index in [0.717, 1.165) is 22.6 Å². The van der Waals surface area contributed by atoms with Gasteiger partial charge in [-0.15, -0.1) is 0 Å². The van der Waals surface area contributed by atoms with Crippen LogP contribution in [0.3, 0.4) is 0 Å². The number of carbonyl (C=O) groups is 2. The zero-order chi connectivity index (χ0) is 19.3. The van der Waals surface area contributed by atoms with E-state index in [-0.39, 0.29) is 17.7 Å². The van der Waals surface area contributed by atoms with Crippen LogP contribution in [0.15, 0.2) is 59.7 Å². The van der Waals surface area contributed by atoms with Gasteiger partial charge >= 0.3 is 0 Å². The van der Waals surface area contributed by atoms with Crippen LogP contribution in [0, 0.1) is 5.92 Å². The first-order valence-corrected chi connectivity index (χ1v) is 9.62. The standard InChI is InChI=1S/C22H23N3O3/c26-21-11-10-19(16-6-2-1-3-7-16)24-25(21)13-12-23-22(27)18-14-17-8-4-5-9-20(17)28-15-18/h1-9,18H,10-15H2,(H,23,27). The Kier molecular flexibility index (Phi) is 5.37. The summed E-state index contributed by atoms with van der Waals surface area (Å²) < 4.78 is 5.69. The Balaban J connectivity index is 1.32. The van der Waals surface area contributed by atoms with Gasteiger partial charge in [-0.2, -0.15) is 5.10 Å². The second kappa shape index (κ2) is 8.25. The van der Waals surface area contributed by atoms with Crippen LogP contribution in [0.2, 0.25) is 0 Å². The number of hydrogen-bond donors (Lipinski definition) is 1. The van der Waals surface area contributed by atoms with Gasteiger partial charge in [-0.1, -0.05) is 48.5 Å². The molecule has 1 unspecified atom stereocenters. The Morgan fingerprint density at radius 3 is 2.75 bits per heavy atom. The largest absolute Gasteiger partial charge is 0.492 e. The van der Waals surface area contributed by atoms with E-state index in [1.807, 2.05) is 54.6 Å². The summed E-state index contributed by atoms with van der Waals surface area (Å²) in [6.07, 6.45) is 1.75. The predicted molar refractivity (Wildman–Crippen MR) is 106 cm³/mol. The highest BCUT2D eigenvalue weighted by Gasteiger charge is 2.26. The molecular weight excluding hydrogens is 354 g/mol. The van der Waals surface area contributed by atoms with E-state index in [2.05, 4.69) is 10.4 Å². The van der Waals surface area contributed by atoms with Crippen LogP contribution < -0.4 is 10.1 Å². The summed E-state index contributed by atoms with van der Waals surface area (Å²) in [6.45, 7) is 1.11. The number of benzene rings is 2. The second-order valence-electron chi connectivity index (χ2n) is 7.04. The molecule has 1 atom stereocenters. The zero-order valence-electron chi connectivity index (χ0n) is 15.6. The van der Waals surface area contributed by atoms with E-state index in [1.54, 1.807) is 0 Å². The van der Waals surface area contributed by atoms with Gasteiger partial charge < -0.3 is 10.1 Å². The SMILES string of the molecule is O=C(NCCN1N=C(c2ccccc2)CCC1=O)C1COc2ccccc2C1. The van der Waals surface area contributed by atoms with Gasteiger partial charge in [-0.25, -0.2) is 5.01 Å². The lowest BCUT2D eigenvalue weighted by atomic mass is 9.96. The molecule has 0 bridgehead atoms. The van der Waals surface area contributed by atoms with E-state index in [0.29, 0.717) is 39.0 Å². The van der Waals surface area contributed by atoms with E-state index in [9.17, 15) is 9.59 Å². The number of fused-ring (bicyclic) bond motifs is 1. The fourth-order valence-corrected chi connectivity index (χ4v) is 3.54. The molecule has 144 valence electrons. The van der Waals surface area contributed by atoms with Crippen molar-refractivity contribution in [2.24, 2.45) is 11.0 Å². The average Bonchev–Trinajstić information content (AvgIpc) is 2.75. The molecule has 28 heavy (non-hydrogen) atoms. The third-order valence-electron chi connectivity index (χ3n) is 5.08. The lowest BCUT2D eigenvalue weighted by molar-refractivity contribution is -0.132. The van der Waals surface area contributed by atoms with Gasteiger partial charge in [0.1, 0.15) is 12.4 Å². The van der Waals surface area contributed by atoms with Crippen LogP contribution in [0.1, 0.15) is 24.0 Å². The summed E-state index contributed by atoms with van der Waals surface area (Å²) in [6, 6.07) is 17.7. The maximum absolute atomic E-state index is 12.5. The Labute approximate surface area is 164 Å². The van der Waals surface area contributed by atoms with Crippen molar-refractivity contribution in [2.75, 3.05) is 19.7 Å². The molecule has 0 radical (unpaired) electrons. The van der Waals surface area contributed by atoms with Crippen molar-refractivity contribution in [3.8, 4) is 5.75 Å². The Bertz CT molecular complexity index is 895. The van der Waals surface area contributed by atoms with Crippen molar-refractivity contribution in [1.29, 1.82) is 0 Å². The van der Waals surface area contributed by atoms with Crippen LogP contribution in [-0.4, -0.2) is 42.2 Å². The number of amides is 2. The lowest BCUT2D eigenvalue weighted by Gasteiger charge is -2.26. The number of hydrogen-bond acceptors (Lipinski definition) is 4. The van der Waals surface area contributed by atoms with Crippen LogP contribution in [0.5, 0.6) is 5.75 Å². The number of nitrogens with zero attached hydrogens (tertiary/aromatic N) is 2. The summed E-state index contributed by atoms with van der Waals surface area (Å²) in [4.78, 5) is 24.7. The van der Waals surface area contributed by atoms with Crippen molar-refractivity contribution in [3.05, 3.63) is 65.7 Å². The topological polar surface area (TPSA) is 71.0 Å².